The van der Waals surface area contributed by atoms with Gasteiger partial charge in [-0.05, 0) is 66.8 Å². The minimum Gasteiger partial charge on any atom is -0.491 e. The number of aryl methyl sites for hydroxylation is 2. The number of nitrogens with zero attached hydrogens (tertiary/aromatic N) is 1. The van der Waals surface area contributed by atoms with Gasteiger partial charge in [-0.1, -0.05) is 6.07 Å². The molecule has 1 aliphatic heterocycles. The van der Waals surface area contributed by atoms with E-state index in [0.717, 1.165) is 44.0 Å². The third kappa shape index (κ3) is 4.60. The van der Waals surface area contributed by atoms with Crippen LogP contribution in [0.15, 0.2) is 42.5 Å². The van der Waals surface area contributed by atoms with Crippen LogP contribution in [0.1, 0.15) is 17.5 Å². The Labute approximate surface area is 160 Å². The number of anilines is 1. The molecule has 2 aromatic carbocycles. The predicted molar refractivity (Wildman–Crippen MR) is 104 cm³/mol. The van der Waals surface area contributed by atoms with Crippen molar-refractivity contribution in [3.63, 3.8) is 0 Å². The average Bonchev–Trinajstić information content (AvgIpc) is 3.15. The lowest BCUT2D eigenvalue weighted by Crippen LogP contribution is -3.16. The van der Waals surface area contributed by atoms with Crippen LogP contribution >= 0.6 is 0 Å². The number of ether oxygens (including phenoxy) is 1. The fourth-order valence-corrected chi connectivity index (χ4v) is 4.16. The second-order valence-electron chi connectivity index (χ2n) is 7.67. The minimum absolute atomic E-state index is 0.200. The van der Waals surface area contributed by atoms with Crippen LogP contribution in [0.2, 0.25) is 0 Å². The Morgan fingerprint density at radius 2 is 1.78 bits per heavy atom. The number of aliphatic hydroxyl groups is 1. The first-order valence-electron chi connectivity index (χ1n) is 9.94. The molecular formula is C22H28FN2O2+. The van der Waals surface area contributed by atoms with Crippen LogP contribution in [0.5, 0.6) is 5.75 Å². The number of piperazine rings is 1. The fourth-order valence-electron chi connectivity index (χ4n) is 4.16. The van der Waals surface area contributed by atoms with Crippen LogP contribution in [0, 0.1) is 5.82 Å². The van der Waals surface area contributed by atoms with E-state index in [-0.39, 0.29) is 5.82 Å². The molecule has 4 nitrogen and oxygen atoms in total. The Hall–Kier alpha value is -2.11. The topological polar surface area (TPSA) is 37.1 Å². The van der Waals surface area contributed by atoms with Crippen molar-refractivity contribution < 1.29 is 19.1 Å². The monoisotopic (exact) mass is 371 g/mol. The van der Waals surface area contributed by atoms with Crippen LogP contribution in [0.4, 0.5) is 10.1 Å². The molecule has 1 aliphatic carbocycles. The fraction of sp³-hybridized carbons (Fsp3) is 0.455. The van der Waals surface area contributed by atoms with Gasteiger partial charge in [0.2, 0.25) is 0 Å². The van der Waals surface area contributed by atoms with Crippen molar-refractivity contribution in [1.82, 2.24) is 0 Å². The Balaban J connectivity index is 1.21. The van der Waals surface area contributed by atoms with E-state index in [1.165, 1.54) is 41.0 Å². The first kappa shape index (κ1) is 18.3. The summed E-state index contributed by atoms with van der Waals surface area (Å²) < 4.78 is 18.9. The lowest BCUT2D eigenvalue weighted by Gasteiger charge is -2.34. The maximum absolute atomic E-state index is 13.1. The number of nitrogens with one attached hydrogen (secondary N) is 1. The number of quaternary nitrogens is 1. The number of halogens is 1. The van der Waals surface area contributed by atoms with Gasteiger partial charge in [0, 0.05) is 5.69 Å². The number of benzene rings is 2. The first-order valence-corrected chi connectivity index (χ1v) is 9.94. The molecule has 0 aromatic heterocycles. The molecular weight excluding hydrogens is 343 g/mol. The standard InChI is InChI=1S/C22H27FN2O2/c23-19-5-7-20(8-6-19)25-12-10-24(11-13-25)15-21(26)16-27-22-9-4-17-2-1-3-18(17)14-22/h4-9,14,21,26H,1-3,10-13,15-16H2/p+1/t21-/m0/s1. The smallest absolute Gasteiger partial charge is 0.137 e. The molecule has 4 rings (SSSR count). The van der Waals surface area contributed by atoms with E-state index in [1.807, 2.05) is 18.2 Å². The van der Waals surface area contributed by atoms with E-state index in [9.17, 15) is 9.50 Å². The molecule has 27 heavy (non-hydrogen) atoms. The third-order valence-electron chi connectivity index (χ3n) is 5.70. The predicted octanol–water partition coefficient (Wildman–Crippen LogP) is 1.46. The molecule has 0 amide bonds. The maximum Gasteiger partial charge on any atom is 0.137 e. The average molecular weight is 371 g/mol. The Kier molecular flexibility index (Phi) is 5.60. The minimum atomic E-state index is -0.467. The highest BCUT2D eigenvalue weighted by Gasteiger charge is 2.23. The summed E-state index contributed by atoms with van der Waals surface area (Å²) in [5.41, 5.74) is 3.90. The van der Waals surface area contributed by atoms with Crippen molar-refractivity contribution >= 4 is 5.69 Å². The SMILES string of the molecule is O[C@H](COc1ccc2c(c1)CCC2)C[NH+]1CCN(c2ccc(F)cc2)CC1. The summed E-state index contributed by atoms with van der Waals surface area (Å²) in [6.45, 7) is 4.80. The molecule has 1 saturated heterocycles. The zero-order valence-electron chi connectivity index (χ0n) is 15.7. The van der Waals surface area contributed by atoms with E-state index in [0.29, 0.717) is 13.2 Å². The highest BCUT2D eigenvalue weighted by atomic mass is 19.1. The van der Waals surface area contributed by atoms with Gasteiger partial charge in [-0.15, -0.1) is 0 Å². The molecule has 0 radical (unpaired) electrons. The number of aliphatic hydroxyl groups excluding tert-OH is 1. The highest BCUT2D eigenvalue weighted by molar-refractivity contribution is 5.46. The van der Waals surface area contributed by atoms with Gasteiger partial charge < -0.3 is 19.6 Å². The lowest BCUT2D eigenvalue weighted by molar-refractivity contribution is -0.903. The lowest BCUT2D eigenvalue weighted by atomic mass is 10.1. The van der Waals surface area contributed by atoms with Gasteiger partial charge in [-0.25, -0.2) is 4.39 Å². The van der Waals surface area contributed by atoms with Gasteiger partial charge in [0.1, 0.15) is 30.8 Å². The van der Waals surface area contributed by atoms with Crippen molar-refractivity contribution in [2.24, 2.45) is 0 Å². The van der Waals surface area contributed by atoms with Gasteiger partial charge in [-0.3, -0.25) is 0 Å². The summed E-state index contributed by atoms with van der Waals surface area (Å²) in [5.74, 6) is 0.667. The van der Waals surface area contributed by atoms with Crippen LogP contribution in [-0.4, -0.2) is 50.5 Å². The van der Waals surface area contributed by atoms with Crippen molar-refractivity contribution in [3.05, 3.63) is 59.4 Å². The van der Waals surface area contributed by atoms with Gasteiger partial charge in [-0.2, -0.15) is 0 Å². The number of rotatable bonds is 6. The maximum atomic E-state index is 13.1. The van der Waals surface area contributed by atoms with Gasteiger partial charge in [0.15, 0.2) is 0 Å². The van der Waals surface area contributed by atoms with Crippen molar-refractivity contribution in [1.29, 1.82) is 0 Å². The molecule has 1 atom stereocenters. The normalized spacial score (nSPS) is 18.4. The van der Waals surface area contributed by atoms with E-state index in [2.05, 4.69) is 17.0 Å². The Bertz CT molecular complexity index is 757. The van der Waals surface area contributed by atoms with Gasteiger partial charge >= 0.3 is 0 Å². The zero-order valence-corrected chi connectivity index (χ0v) is 15.7. The quantitative estimate of drug-likeness (QED) is 0.807. The number of fused-ring (bicyclic) bond motifs is 1. The molecule has 0 saturated carbocycles. The van der Waals surface area contributed by atoms with Crippen molar-refractivity contribution in [3.8, 4) is 5.75 Å². The van der Waals surface area contributed by atoms with E-state index in [1.54, 1.807) is 0 Å². The number of hydrogen-bond donors (Lipinski definition) is 2. The van der Waals surface area contributed by atoms with E-state index in [4.69, 9.17) is 4.74 Å². The molecule has 1 fully saturated rings. The van der Waals surface area contributed by atoms with E-state index < -0.39 is 6.10 Å². The molecule has 2 N–H and O–H groups in total. The first-order chi connectivity index (χ1) is 13.2. The molecule has 0 bridgehead atoms. The van der Waals surface area contributed by atoms with Crippen LogP contribution in [-0.2, 0) is 12.8 Å². The molecule has 2 aliphatic rings. The van der Waals surface area contributed by atoms with E-state index >= 15 is 0 Å². The zero-order chi connectivity index (χ0) is 18.6. The Morgan fingerprint density at radius 3 is 2.56 bits per heavy atom. The van der Waals surface area contributed by atoms with Crippen LogP contribution in [0.25, 0.3) is 0 Å². The molecule has 0 unspecified atom stereocenters. The largest absolute Gasteiger partial charge is 0.491 e. The van der Waals surface area contributed by atoms with Crippen molar-refractivity contribution in [2.45, 2.75) is 25.4 Å². The Morgan fingerprint density at radius 1 is 1.04 bits per heavy atom. The summed E-state index contributed by atoms with van der Waals surface area (Å²) >= 11 is 0. The van der Waals surface area contributed by atoms with Gasteiger partial charge in [0.25, 0.3) is 0 Å². The second-order valence-corrected chi connectivity index (χ2v) is 7.67. The molecule has 1 heterocycles. The summed E-state index contributed by atoms with van der Waals surface area (Å²) in [5, 5.41) is 10.4. The molecule has 0 spiro atoms. The molecule has 144 valence electrons. The van der Waals surface area contributed by atoms with Crippen molar-refractivity contribution in [2.75, 3.05) is 44.2 Å². The summed E-state index contributed by atoms with van der Waals surface area (Å²) in [6, 6.07) is 13.0. The summed E-state index contributed by atoms with van der Waals surface area (Å²) in [6.07, 6.45) is 3.07. The third-order valence-corrected chi connectivity index (χ3v) is 5.70. The van der Waals surface area contributed by atoms with Gasteiger partial charge in [0.05, 0.1) is 26.2 Å². The van der Waals surface area contributed by atoms with Crippen LogP contribution < -0.4 is 14.5 Å². The second kappa shape index (κ2) is 8.28. The summed E-state index contributed by atoms with van der Waals surface area (Å²) in [7, 11) is 0. The molecule has 5 heteroatoms. The molecule has 2 aromatic rings. The van der Waals surface area contributed by atoms with Crippen LogP contribution in [0.3, 0.4) is 0 Å². The number of hydrogen-bond acceptors (Lipinski definition) is 3. The highest BCUT2D eigenvalue weighted by Crippen LogP contribution is 2.26. The summed E-state index contributed by atoms with van der Waals surface area (Å²) in [4.78, 5) is 3.66.